The molecule has 0 aromatic heterocycles. The molecule has 21 heavy (non-hydrogen) atoms. The van der Waals surface area contributed by atoms with Gasteiger partial charge in [0.1, 0.15) is 5.67 Å². The number of allylic oxidation sites excluding steroid dienone is 4. The Labute approximate surface area is 132 Å². The van der Waals surface area contributed by atoms with E-state index in [4.69, 9.17) is 11.6 Å². The van der Waals surface area contributed by atoms with Gasteiger partial charge in [0.15, 0.2) is 0 Å². The third kappa shape index (κ3) is 4.42. The predicted octanol–water partition coefficient (Wildman–Crippen LogP) is 5.59. The molecule has 2 aliphatic rings. The van der Waals surface area contributed by atoms with E-state index < -0.39 is 16.8 Å². The Hall–Kier alpha value is -0.630. The molecule has 0 amide bonds. The summed E-state index contributed by atoms with van der Waals surface area (Å²) in [5, 5.41) is -0.593. The molecular weight excluding hydrogens is 287 g/mol. The summed E-state index contributed by atoms with van der Waals surface area (Å²) in [5.41, 5.74) is -1.59. The average Bonchev–Trinajstić information content (AvgIpc) is 2.47. The zero-order valence-electron chi connectivity index (χ0n) is 12.9. The summed E-state index contributed by atoms with van der Waals surface area (Å²) < 4.78 is 15.0. The van der Waals surface area contributed by atoms with E-state index in [0.29, 0.717) is 12.3 Å². The molecule has 0 saturated heterocycles. The maximum absolute atomic E-state index is 15.0. The van der Waals surface area contributed by atoms with Gasteiger partial charge >= 0.3 is 0 Å². The molecule has 0 spiro atoms. The first kappa shape index (κ1) is 16.7. The van der Waals surface area contributed by atoms with Crippen LogP contribution < -0.4 is 0 Å². The Kier molecular flexibility index (Phi) is 6.04. The molecular formula is C18H26ClFO. The molecule has 0 bridgehead atoms. The number of halogens is 2. The highest BCUT2D eigenvalue weighted by molar-refractivity contribution is 6.64. The zero-order valence-corrected chi connectivity index (χ0v) is 13.6. The van der Waals surface area contributed by atoms with E-state index in [1.54, 1.807) is 18.2 Å². The van der Waals surface area contributed by atoms with Crippen molar-refractivity contribution in [2.24, 2.45) is 17.8 Å². The quantitative estimate of drug-likeness (QED) is 0.584. The first-order valence-electron chi connectivity index (χ1n) is 8.29. The summed E-state index contributed by atoms with van der Waals surface area (Å²) in [7, 11) is 0. The molecule has 3 heteroatoms. The Morgan fingerprint density at radius 2 is 1.81 bits per heavy atom. The van der Waals surface area contributed by atoms with Gasteiger partial charge in [-0.3, -0.25) is 4.79 Å². The fraction of sp³-hybridized carbons (Fsp3) is 0.722. The van der Waals surface area contributed by atoms with E-state index in [1.807, 2.05) is 0 Å². The summed E-state index contributed by atoms with van der Waals surface area (Å²) in [4.78, 5) is 11.4. The minimum Gasteiger partial charge on any atom is -0.281 e. The number of carbonyl (C=O) groups excluding carboxylic acids is 1. The molecule has 1 fully saturated rings. The van der Waals surface area contributed by atoms with Crippen LogP contribution in [0.1, 0.15) is 58.3 Å². The monoisotopic (exact) mass is 312 g/mol. The summed E-state index contributed by atoms with van der Waals surface area (Å²) >= 11 is 5.55. The molecule has 2 aliphatic carbocycles. The Bertz CT molecular complexity index is 409. The molecule has 0 aliphatic heterocycles. The van der Waals surface area contributed by atoms with E-state index in [9.17, 15) is 9.18 Å². The lowest BCUT2D eigenvalue weighted by molar-refractivity contribution is -0.117. The summed E-state index contributed by atoms with van der Waals surface area (Å²) in [6.45, 7) is 2.24. The van der Waals surface area contributed by atoms with Gasteiger partial charge in [-0.05, 0) is 42.4 Å². The second-order valence-electron chi connectivity index (χ2n) is 6.67. The molecule has 2 rings (SSSR count). The minimum absolute atomic E-state index is 0.403. The van der Waals surface area contributed by atoms with Crippen LogP contribution in [0, 0.1) is 17.8 Å². The summed E-state index contributed by atoms with van der Waals surface area (Å²) in [6.07, 6.45) is 15.3. The van der Waals surface area contributed by atoms with Gasteiger partial charge in [0.25, 0.3) is 0 Å². The average molecular weight is 313 g/mol. The van der Waals surface area contributed by atoms with Crippen molar-refractivity contribution >= 4 is 16.8 Å². The third-order valence-corrected chi connectivity index (χ3v) is 5.38. The van der Waals surface area contributed by atoms with Crippen LogP contribution in [0.25, 0.3) is 0 Å². The molecule has 1 saturated carbocycles. The van der Waals surface area contributed by atoms with Crippen LogP contribution >= 0.6 is 11.6 Å². The second kappa shape index (κ2) is 7.58. The number of hydrogen-bond donors (Lipinski definition) is 0. The van der Waals surface area contributed by atoms with E-state index >= 15 is 0 Å². The first-order valence-corrected chi connectivity index (χ1v) is 8.67. The normalized spacial score (nSPS) is 35.9. The van der Waals surface area contributed by atoms with Crippen LogP contribution in [0.2, 0.25) is 0 Å². The molecule has 118 valence electrons. The fourth-order valence-corrected chi connectivity index (χ4v) is 4.05. The second-order valence-corrected chi connectivity index (χ2v) is 7.04. The molecule has 0 heterocycles. The highest BCUT2D eigenvalue weighted by Gasteiger charge is 2.40. The Morgan fingerprint density at radius 1 is 1.19 bits per heavy atom. The van der Waals surface area contributed by atoms with Crippen LogP contribution in [0.4, 0.5) is 4.39 Å². The fourth-order valence-electron chi connectivity index (χ4n) is 3.80. The van der Waals surface area contributed by atoms with Crippen molar-refractivity contribution in [1.82, 2.24) is 0 Å². The van der Waals surface area contributed by atoms with E-state index in [0.717, 1.165) is 12.3 Å². The van der Waals surface area contributed by atoms with Gasteiger partial charge in [0, 0.05) is 0 Å². The van der Waals surface area contributed by atoms with Gasteiger partial charge in [-0.2, -0.15) is 0 Å². The van der Waals surface area contributed by atoms with Crippen LogP contribution in [0.15, 0.2) is 24.3 Å². The van der Waals surface area contributed by atoms with Gasteiger partial charge in [-0.15, -0.1) is 0 Å². The van der Waals surface area contributed by atoms with Gasteiger partial charge < -0.3 is 0 Å². The lowest BCUT2D eigenvalue weighted by Crippen LogP contribution is -2.35. The topological polar surface area (TPSA) is 17.1 Å². The van der Waals surface area contributed by atoms with Crippen molar-refractivity contribution in [3.8, 4) is 0 Å². The van der Waals surface area contributed by atoms with Crippen LogP contribution in [-0.4, -0.2) is 10.9 Å². The highest BCUT2D eigenvalue weighted by atomic mass is 35.5. The number of rotatable bonds is 6. The van der Waals surface area contributed by atoms with Gasteiger partial charge in [0.2, 0.25) is 5.24 Å². The SMILES string of the molecule is CCCC1CCC(CCC2(F)C=CC=CC2C(=O)Cl)CC1. The van der Waals surface area contributed by atoms with Crippen molar-refractivity contribution in [1.29, 1.82) is 0 Å². The van der Waals surface area contributed by atoms with Crippen LogP contribution in [-0.2, 0) is 4.79 Å². The van der Waals surface area contributed by atoms with Crippen molar-refractivity contribution < 1.29 is 9.18 Å². The third-order valence-electron chi connectivity index (χ3n) is 5.15. The molecule has 2 atom stereocenters. The molecule has 2 unspecified atom stereocenters. The van der Waals surface area contributed by atoms with Crippen molar-refractivity contribution in [2.45, 2.75) is 64.0 Å². The highest BCUT2D eigenvalue weighted by Crippen LogP contribution is 2.39. The predicted molar refractivity (Wildman–Crippen MR) is 86.1 cm³/mol. The minimum atomic E-state index is -1.59. The summed E-state index contributed by atoms with van der Waals surface area (Å²) in [5.74, 6) is 0.664. The van der Waals surface area contributed by atoms with Gasteiger partial charge in [-0.1, -0.05) is 63.7 Å². The molecule has 0 N–H and O–H groups in total. The maximum atomic E-state index is 15.0. The van der Waals surface area contributed by atoms with Gasteiger partial charge in [0.05, 0.1) is 5.92 Å². The van der Waals surface area contributed by atoms with E-state index in [2.05, 4.69) is 6.92 Å². The molecule has 0 aromatic rings. The van der Waals surface area contributed by atoms with Crippen molar-refractivity contribution in [3.63, 3.8) is 0 Å². The van der Waals surface area contributed by atoms with Crippen molar-refractivity contribution in [2.75, 3.05) is 0 Å². The van der Waals surface area contributed by atoms with Crippen molar-refractivity contribution in [3.05, 3.63) is 24.3 Å². The van der Waals surface area contributed by atoms with Crippen LogP contribution in [0.5, 0.6) is 0 Å². The van der Waals surface area contributed by atoms with E-state index in [1.165, 1.54) is 44.6 Å². The lowest BCUT2D eigenvalue weighted by atomic mass is 9.75. The first-order chi connectivity index (χ1) is 10.0. The zero-order chi connectivity index (χ0) is 15.3. The van der Waals surface area contributed by atoms with E-state index in [-0.39, 0.29) is 0 Å². The number of hydrogen-bond acceptors (Lipinski definition) is 1. The maximum Gasteiger partial charge on any atom is 0.232 e. The van der Waals surface area contributed by atoms with Gasteiger partial charge in [-0.25, -0.2) is 4.39 Å². The molecule has 1 nitrogen and oxygen atoms in total. The lowest BCUT2D eigenvalue weighted by Gasteiger charge is -2.33. The molecule has 0 aromatic carbocycles. The number of carbonyl (C=O) groups is 1. The van der Waals surface area contributed by atoms with Crippen LogP contribution in [0.3, 0.4) is 0 Å². The number of alkyl halides is 1. The standard InChI is InChI=1S/C18H26ClFO/c1-2-5-14-7-9-15(10-8-14)11-13-18(20)12-4-3-6-16(18)17(19)21/h3-4,6,12,14-16H,2,5,7-11,13H2,1H3. The largest absolute Gasteiger partial charge is 0.281 e. The Morgan fingerprint density at radius 3 is 2.38 bits per heavy atom. The molecule has 0 radical (unpaired) electrons. The Balaban J connectivity index is 1.84. The summed E-state index contributed by atoms with van der Waals surface area (Å²) in [6, 6.07) is 0. The smallest absolute Gasteiger partial charge is 0.232 e.